The van der Waals surface area contributed by atoms with Crippen molar-refractivity contribution in [1.29, 1.82) is 0 Å². The van der Waals surface area contributed by atoms with Crippen LogP contribution in [0.4, 0.5) is 0 Å². The van der Waals surface area contributed by atoms with Crippen LogP contribution in [-0.2, 0) is 6.42 Å². The van der Waals surface area contributed by atoms with E-state index in [-0.39, 0.29) is 0 Å². The second kappa shape index (κ2) is 7.84. The van der Waals surface area contributed by atoms with Crippen molar-refractivity contribution >= 4 is 0 Å². The molecule has 0 aliphatic rings. The van der Waals surface area contributed by atoms with Gasteiger partial charge in [0.1, 0.15) is 11.5 Å². The van der Waals surface area contributed by atoms with Crippen molar-refractivity contribution in [2.45, 2.75) is 39.7 Å². The predicted octanol–water partition coefficient (Wildman–Crippen LogP) is 5.10. The van der Waals surface area contributed by atoms with Crippen LogP contribution >= 0.6 is 0 Å². The first-order valence-electron chi connectivity index (χ1n) is 7.87. The summed E-state index contributed by atoms with van der Waals surface area (Å²) in [4.78, 5) is 0. The van der Waals surface area contributed by atoms with E-state index in [0.717, 1.165) is 30.9 Å². The number of nitrogens with one attached hydrogen (secondary N) is 1. The van der Waals surface area contributed by atoms with Crippen LogP contribution in [0.3, 0.4) is 0 Å². The Morgan fingerprint density at radius 1 is 0.952 bits per heavy atom. The molecule has 2 nitrogen and oxygen atoms in total. The third-order valence-electron chi connectivity index (χ3n) is 3.71. The monoisotopic (exact) mass is 283 g/mol. The Labute approximate surface area is 128 Å². The Kier molecular flexibility index (Phi) is 5.82. The van der Waals surface area contributed by atoms with Crippen LogP contribution in [0, 0.1) is 0 Å². The number of rotatable bonds is 7. The molecule has 112 valence electrons. The molecule has 0 saturated heterocycles. The standard InChI is InChI=1S/C19H25NO/c1-4-15-11-13-16(14-12-15)21-19-10-8-7-9-17(19)18(5-2)20-6-3/h7-14,18,20H,4-6H2,1-3H3. The lowest BCUT2D eigenvalue weighted by Crippen LogP contribution is -2.20. The second-order valence-electron chi connectivity index (χ2n) is 5.16. The van der Waals surface area contributed by atoms with Crippen LogP contribution in [0.1, 0.15) is 44.4 Å². The fourth-order valence-electron chi connectivity index (χ4n) is 2.50. The lowest BCUT2D eigenvalue weighted by Gasteiger charge is -2.20. The number of ether oxygens (including phenoxy) is 1. The highest BCUT2D eigenvalue weighted by Gasteiger charge is 2.13. The quantitative estimate of drug-likeness (QED) is 0.763. The molecule has 2 heteroatoms. The van der Waals surface area contributed by atoms with Gasteiger partial charge in [-0.05, 0) is 43.1 Å². The van der Waals surface area contributed by atoms with Crippen molar-refractivity contribution in [2.75, 3.05) is 6.54 Å². The van der Waals surface area contributed by atoms with Gasteiger partial charge in [-0.1, -0.05) is 51.1 Å². The van der Waals surface area contributed by atoms with Crippen LogP contribution in [0.5, 0.6) is 11.5 Å². The molecule has 1 N–H and O–H groups in total. The zero-order valence-corrected chi connectivity index (χ0v) is 13.2. The first-order valence-corrected chi connectivity index (χ1v) is 7.87. The van der Waals surface area contributed by atoms with Gasteiger partial charge in [-0.3, -0.25) is 0 Å². The van der Waals surface area contributed by atoms with Crippen molar-refractivity contribution in [2.24, 2.45) is 0 Å². The Bertz CT molecular complexity index is 548. The molecule has 1 unspecified atom stereocenters. The molecule has 0 aliphatic heterocycles. The molecule has 0 fully saturated rings. The summed E-state index contributed by atoms with van der Waals surface area (Å²) in [6.07, 6.45) is 2.10. The number of para-hydroxylation sites is 1. The highest BCUT2D eigenvalue weighted by molar-refractivity contribution is 5.40. The summed E-state index contributed by atoms with van der Waals surface area (Å²) in [5.74, 6) is 1.83. The van der Waals surface area contributed by atoms with Gasteiger partial charge >= 0.3 is 0 Å². The molecular weight excluding hydrogens is 258 g/mol. The van der Waals surface area contributed by atoms with Crippen LogP contribution in [-0.4, -0.2) is 6.54 Å². The largest absolute Gasteiger partial charge is 0.457 e. The van der Waals surface area contributed by atoms with E-state index in [1.807, 2.05) is 24.3 Å². The fourth-order valence-corrected chi connectivity index (χ4v) is 2.50. The summed E-state index contributed by atoms with van der Waals surface area (Å²) < 4.78 is 6.10. The van der Waals surface area contributed by atoms with E-state index in [1.54, 1.807) is 0 Å². The van der Waals surface area contributed by atoms with E-state index in [0.29, 0.717) is 6.04 Å². The minimum absolute atomic E-state index is 0.334. The van der Waals surface area contributed by atoms with E-state index in [9.17, 15) is 0 Å². The minimum atomic E-state index is 0.334. The van der Waals surface area contributed by atoms with Crippen LogP contribution in [0.2, 0.25) is 0 Å². The van der Waals surface area contributed by atoms with E-state index in [2.05, 4.69) is 50.4 Å². The van der Waals surface area contributed by atoms with Gasteiger partial charge in [0.15, 0.2) is 0 Å². The number of aryl methyl sites for hydroxylation is 1. The summed E-state index contributed by atoms with van der Waals surface area (Å²) in [6.45, 7) is 7.45. The van der Waals surface area contributed by atoms with Crippen molar-refractivity contribution in [3.8, 4) is 11.5 Å². The van der Waals surface area contributed by atoms with Gasteiger partial charge in [-0.15, -0.1) is 0 Å². The van der Waals surface area contributed by atoms with Gasteiger partial charge < -0.3 is 10.1 Å². The smallest absolute Gasteiger partial charge is 0.132 e. The van der Waals surface area contributed by atoms with Crippen molar-refractivity contribution < 1.29 is 4.74 Å². The normalized spacial score (nSPS) is 12.1. The lowest BCUT2D eigenvalue weighted by molar-refractivity contribution is 0.452. The Morgan fingerprint density at radius 2 is 1.67 bits per heavy atom. The SMILES string of the molecule is CCNC(CC)c1ccccc1Oc1ccc(CC)cc1. The summed E-state index contributed by atoms with van der Waals surface area (Å²) >= 11 is 0. The zero-order valence-electron chi connectivity index (χ0n) is 13.2. The maximum atomic E-state index is 6.10. The predicted molar refractivity (Wildman–Crippen MR) is 89.0 cm³/mol. The Balaban J connectivity index is 2.22. The number of hydrogen-bond donors (Lipinski definition) is 1. The molecule has 21 heavy (non-hydrogen) atoms. The van der Waals surface area contributed by atoms with Crippen LogP contribution in [0.25, 0.3) is 0 Å². The maximum Gasteiger partial charge on any atom is 0.132 e. The van der Waals surface area contributed by atoms with Crippen molar-refractivity contribution in [3.05, 3.63) is 59.7 Å². The molecule has 0 amide bonds. The van der Waals surface area contributed by atoms with Crippen LogP contribution < -0.4 is 10.1 Å². The Hall–Kier alpha value is -1.80. The average Bonchev–Trinajstić information content (AvgIpc) is 2.54. The van der Waals surface area contributed by atoms with Crippen molar-refractivity contribution in [3.63, 3.8) is 0 Å². The van der Waals surface area contributed by atoms with E-state index in [1.165, 1.54) is 11.1 Å². The summed E-state index contributed by atoms with van der Waals surface area (Å²) in [6, 6.07) is 17.0. The van der Waals surface area contributed by atoms with Gasteiger partial charge in [-0.2, -0.15) is 0 Å². The van der Waals surface area contributed by atoms with Crippen LogP contribution in [0.15, 0.2) is 48.5 Å². The topological polar surface area (TPSA) is 21.3 Å². The molecule has 0 radical (unpaired) electrons. The summed E-state index contributed by atoms with van der Waals surface area (Å²) in [5.41, 5.74) is 2.55. The van der Waals surface area contributed by atoms with Gasteiger partial charge in [0.2, 0.25) is 0 Å². The van der Waals surface area contributed by atoms with Gasteiger partial charge in [0.05, 0.1) is 0 Å². The van der Waals surface area contributed by atoms with E-state index < -0.39 is 0 Å². The Morgan fingerprint density at radius 3 is 2.29 bits per heavy atom. The molecule has 2 rings (SSSR count). The first-order chi connectivity index (χ1) is 10.3. The highest BCUT2D eigenvalue weighted by Crippen LogP contribution is 2.31. The molecule has 2 aromatic rings. The molecule has 0 bridgehead atoms. The third kappa shape index (κ3) is 4.08. The minimum Gasteiger partial charge on any atom is -0.457 e. The molecule has 0 aliphatic carbocycles. The fraction of sp³-hybridized carbons (Fsp3) is 0.368. The van der Waals surface area contributed by atoms with E-state index >= 15 is 0 Å². The first kappa shape index (κ1) is 15.6. The number of hydrogen-bond acceptors (Lipinski definition) is 2. The highest BCUT2D eigenvalue weighted by atomic mass is 16.5. The maximum absolute atomic E-state index is 6.10. The lowest BCUT2D eigenvalue weighted by atomic mass is 10.0. The third-order valence-corrected chi connectivity index (χ3v) is 3.71. The molecule has 0 aromatic heterocycles. The molecule has 1 atom stereocenters. The van der Waals surface area contributed by atoms with Gasteiger partial charge in [-0.25, -0.2) is 0 Å². The molecule has 0 spiro atoms. The molecule has 0 heterocycles. The summed E-state index contributed by atoms with van der Waals surface area (Å²) in [5, 5.41) is 3.51. The molecule has 0 saturated carbocycles. The molecular formula is C19H25NO. The zero-order chi connectivity index (χ0) is 15.1. The molecule has 2 aromatic carbocycles. The average molecular weight is 283 g/mol. The van der Waals surface area contributed by atoms with Gasteiger partial charge in [0, 0.05) is 11.6 Å². The summed E-state index contributed by atoms with van der Waals surface area (Å²) in [7, 11) is 0. The van der Waals surface area contributed by atoms with Gasteiger partial charge in [0.25, 0.3) is 0 Å². The number of benzene rings is 2. The van der Waals surface area contributed by atoms with Crippen molar-refractivity contribution in [1.82, 2.24) is 5.32 Å². The van der Waals surface area contributed by atoms with E-state index in [4.69, 9.17) is 4.74 Å². The second-order valence-corrected chi connectivity index (χ2v) is 5.16.